The van der Waals surface area contributed by atoms with Crippen LogP contribution in [0.1, 0.15) is 23.2 Å². The van der Waals surface area contributed by atoms with Gasteiger partial charge in [0.05, 0.1) is 22.4 Å². The van der Waals surface area contributed by atoms with Crippen LogP contribution in [0.5, 0.6) is 0 Å². The number of rotatable bonds is 6. The minimum atomic E-state index is -3.92. The number of anilines is 1. The van der Waals surface area contributed by atoms with Gasteiger partial charge in [0.15, 0.2) is 0 Å². The first kappa shape index (κ1) is 18.7. The van der Waals surface area contributed by atoms with Gasteiger partial charge in [-0.3, -0.25) is 9.52 Å². The smallest absolute Gasteiger partial charge is 0.263 e. The molecule has 0 radical (unpaired) electrons. The van der Waals surface area contributed by atoms with Crippen LogP contribution >= 0.6 is 11.6 Å². The van der Waals surface area contributed by atoms with Gasteiger partial charge in [0.2, 0.25) is 0 Å². The number of ether oxygens (including phenoxy) is 1. The molecule has 1 aliphatic heterocycles. The van der Waals surface area contributed by atoms with Crippen LogP contribution in [-0.4, -0.2) is 33.6 Å². The minimum absolute atomic E-state index is 0.00549. The zero-order valence-electron chi connectivity index (χ0n) is 13.9. The SMILES string of the molecule is O=C(NC[C@@H]1CCCO1)c1ccccc1NS(=O)(=O)c1ccccc1Cl. The van der Waals surface area contributed by atoms with Crippen molar-refractivity contribution in [3.05, 3.63) is 59.1 Å². The van der Waals surface area contributed by atoms with E-state index in [1.54, 1.807) is 30.3 Å². The van der Waals surface area contributed by atoms with E-state index in [2.05, 4.69) is 10.0 Å². The van der Waals surface area contributed by atoms with E-state index in [0.29, 0.717) is 13.2 Å². The fourth-order valence-corrected chi connectivity index (χ4v) is 4.34. The van der Waals surface area contributed by atoms with E-state index in [9.17, 15) is 13.2 Å². The number of hydrogen-bond donors (Lipinski definition) is 2. The highest BCUT2D eigenvalue weighted by Crippen LogP contribution is 2.25. The molecular weight excluding hydrogens is 376 g/mol. The quantitative estimate of drug-likeness (QED) is 0.788. The molecule has 0 aliphatic carbocycles. The number of benzene rings is 2. The van der Waals surface area contributed by atoms with Crippen LogP contribution in [0, 0.1) is 0 Å². The summed E-state index contributed by atoms with van der Waals surface area (Å²) in [7, 11) is -3.92. The van der Waals surface area contributed by atoms with Crippen LogP contribution in [-0.2, 0) is 14.8 Å². The van der Waals surface area contributed by atoms with Crippen molar-refractivity contribution in [1.82, 2.24) is 5.32 Å². The van der Waals surface area contributed by atoms with E-state index in [0.717, 1.165) is 12.8 Å². The second kappa shape index (κ2) is 8.07. The molecule has 138 valence electrons. The maximum atomic E-state index is 12.6. The first-order valence-corrected chi connectivity index (χ1v) is 10.1. The Bertz CT molecular complexity index is 896. The fraction of sp³-hybridized carbons (Fsp3) is 0.278. The highest BCUT2D eigenvalue weighted by Gasteiger charge is 2.22. The number of carbonyl (C=O) groups excluding carboxylic acids is 1. The van der Waals surface area contributed by atoms with Crippen molar-refractivity contribution in [2.24, 2.45) is 0 Å². The molecule has 2 aromatic rings. The third-order valence-electron chi connectivity index (χ3n) is 4.06. The standard InChI is InChI=1S/C18H19ClN2O4S/c19-15-8-2-4-10-17(15)26(23,24)21-16-9-3-1-7-14(16)18(22)20-12-13-6-5-11-25-13/h1-4,7-10,13,21H,5-6,11-12H2,(H,20,22)/t13-/m0/s1. The van der Waals surface area contributed by atoms with Crippen molar-refractivity contribution in [1.29, 1.82) is 0 Å². The van der Waals surface area contributed by atoms with Crippen molar-refractivity contribution in [3.63, 3.8) is 0 Å². The van der Waals surface area contributed by atoms with Gasteiger partial charge >= 0.3 is 0 Å². The Morgan fingerprint density at radius 3 is 2.62 bits per heavy atom. The average molecular weight is 395 g/mol. The summed E-state index contributed by atoms with van der Waals surface area (Å²) in [4.78, 5) is 12.4. The zero-order valence-corrected chi connectivity index (χ0v) is 15.5. The molecule has 1 saturated heterocycles. The van der Waals surface area contributed by atoms with Crippen molar-refractivity contribution in [3.8, 4) is 0 Å². The molecule has 2 aromatic carbocycles. The largest absolute Gasteiger partial charge is 0.376 e. The normalized spacial score (nSPS) is 17.0. The van der Waals surface area contributed by atoms with Gasteiger partial charge in [0.1, 0.15) is 4.90 Å². The molecule has 0 bridgehead atoms. The van der Waals surface area contributed by atoms with Gasteiger partial charge in [-0.1, -0.05) is 35.9 Å². The molecule has 0 saturated carbocycles. The van der Waals surface area contributed by atoms with Crippen LogP contribution in [0.25, 0.3) is 0 Å². The summed E-state index contributed by atoms with van der Waals surface area (Å²) in [6, 6.07) is 12.6. The molecule has 1 amide bonds. The van der Waals surface area contributed by atoms with E-state index < -0.39 is 10.0 Å². The van der Waals surface area contributed by atoms with E-state index >= 15 is 0 Å². The molecule has 0 spiro atoms. The number of sulfonamides is 1. The summed E-state index contributed by atoms with van der Waals surface area (Å²) in [5, 5.41) is 2.90. The number of hydrogen-bond acceptors (Lipinski definition) is 4. The third kappa shape index (κ3) is 4.35. The highest BCUT2D eigenvalue weighted by atomic mass is 35.5. The average Bonchev–Trinajstić information content (AvgIpc) is 3.13. The van der Waals surface area contributed by atoms with Gasteiger partial charge in [-0.05, 0) is 37.1 Å². The molecule has 0 aromatic heterocycles. The Morgan fingerprint density at radius 1 is 1.15 bits per heavy atom. The lowest BCUT2D eigenvalue weighted by molar-refractivity contribution is 0.0858. The Kier molecular flexibility index (Phi) is 5.80. The van der Waals surface area contributed by atoms with Gasteiger partial charge < -0.3 is 10.1 Å². The molecule has 8 heteroatoms. The number of nitrogens with one attached hydrogen (secondary N) is 2. The lowest BCUT2D eigenvalue weighted by atomic mass is 10.1. The molecule has 3 rings (SSSR count). The first-order chi connectivity index (χ1) is 12.5. The van der Waals surface area contributed by atoms with Gasteiger partial charge in [-0.25, -0.2) is 8.42 Å². The molecule has 1 fully saturated rings. The maximum absolute atomic E-state index is 12.6. The Morgan fingerprint density at radius 2 is 1.88 bits per heavy atom. The topological polar surface area (TPSA) is 84.5 Å². The predicted octanol–water partition coefficient (Wildman–Crippen LogP) is 3.05. The molecule has 2 N–H and O–H groups in total. The number of carbonyl (C=O) groups is 1. The van der Waals surface area contributed by atoms with Crippen molar-refractivity contribution in [2.75, 3.05) is 17.9 Å². The summed E-state index contributed by atoms with van der Waals surface area (Å²) in [6.45, 7) is 1.10. The maximum Gasteiger partial charge on any atom is 0.263 e. The van der Waals surface area contributed by atoms with E-state index in [1.165, 1.54) is 18.2 Å². The van der Waals surface area contributed by atoms with E-state index in [4.69, 9.17) is 16.3 Å². The highest BCUT2D eigenvalue weighted by molar-refractivity contribution is 7.92. The van der Waals surface area contributed by atoms with Crippen LogP contribution in [0.2, 0.25) is 5.02 Å². The second-order valence-corrected chi connectivity index (χ2v) is 7.98. The molecular formula is C18H19ClN2O4S. The van der Waals surface area contributed by atoms with Crippen LogP contribution in [0.4, 0.5) is 5.69 Å². The summed E-state index contributed by atoms with van der Waals surface area (Å²) in [6.07, 6.45) is 1.89. The van der Waals surface area contributed by atoms with Gasteiger partial charge in [0, 0.05) is 13.2 Å². The summed E-state index contributed by atoms with van der Waals surface area (Å²) >= 11 is 5.99. The van der Waals surface area contributed by atoms with E-state index in [-0.39, 0.29) is 33.2 Å². The molecule has 1 heterocycles. The zero-order chi connectivity index (χ0) is 18.6. The summed E-state index contributed by atoms with van der Waals surface area (Å²) < 4.78 is 33.2. The second-order valence-electron chi connectivity index (χ2n) is 5.93. The Balaban J connectivity index is 1.78. The third-order valence-corrected chi connectivity index (χ3v) is 5.92. The Hall–Kier alpha value is -2.09. The van der Waals surface area contributed by atoms with Crippen molar-refractivity contribution >= 4 is 33.2 Å². The summed E-state index contributed by atoms with van der Waals surface area (Å²) in [5.41, 5.74) is 0.429. The predicted molar refractivity (Wildman–Crippen MR) is 100 cm³/mol. The molecule has 1 atom stereocenters. The van der Waals surface area contributed by atoms with Crippen LogP contribution < -0.4 is 10.0 Å². The molecule has 26 heavy (non-hydrogen) atoms. The lowest BCUT2D eigenvalue weighted by Crippen LogP contribution is -2.32. The minimum Gasteiger partial charge on any atom is -0.376 e. The number of halogens is 1. The van der Waals surface area contributed by atoms with Gasteiger partial charge in [-0.15, -0.1) is 0 Å². The molecule has 1 aliphatic rings. The molecule has 0 unspecified atom stereocenters. The van der Waals surface area contributed by atoms with Crippen LogP contribution in [0.15, 0.2) is 53.4 Å². The van der Waals surface area contributed by atoms with Crippen LogP contribution in [0.3, 0.4) is 0 Å². The monoisotopic (exact) mass is 394 g/mol. The van der Waals surface area contributed by atoms with Gasteiger partial charge in [0.25, 0.3) is 15.9 Å². The van der Waals surface area contributed by atoms with E-state index in [1.807, 2.05) is 0 Å². The van der Waals surface area contributed by atoms with Gasteiger partial charge in [-0.2, -0.15) is 0 Å². The number of amides is 1. The fourth-order valence-electron chi connectivity index (χ4n) is 2.74. The van der Waals surface area contributed by atoms with Crippen molar-refractivity contribution < 1.29 is 17.9 Å². The summed E-state index contributed by atoms with van der Waals surface area (Å²) in [5.74, 6) is -0.363. The van der Waals surface area contributed by atoms with Crippen molar-refractivity contribution in [2.45, 2.75) is 23.8 Å². The first-order valence-electron chi connectivity index (χ1n) is 8.23. The molecule has 6 nitrogen and oxygen atoms in total. The Labute approximate surface area is 157 Å². The number of para-hydroxylation sites is 1. The lowest BCUT2D eigenvalue weighted by Gasteiger charge is -2.15.